The van der Waals surface area contributed by atoms with Gasteiger partial charge in [0.05, 0.1) is 17.1 Å². The summed E-state index contributed by atoms with van der Waals surface area (Å²) in [5, 5.41) is 4.11. The van der Waals surface area contributed by atoms with Crippen molar-refractivity contribution in [2.24, 2.45) is 0 Å². The zero-order valence-corrected chi connectivity index (χ0v) is 16.6. The van der Waals surface area contributed by atoms with Gasteiger partial charge in [0, 0.05) is 22.2 Å². The minimum absolute atomic E-state index is 0.676. The molecule has 138 valence electrons. The maximum absolute atomic E-state index is 6.15. The molecule has 0 unspecified atom stereocenters. The van der Waals surface area contributed by atoms with Gasteiger partial charge in [0.15, 0.2) is 12.2 Å². The summed E-state index contributed by atoms with van der Waals surface area (Å²) in [4.78, 5) is 5.27. The molecule has 4 nitrogen and oxygen atoms in total. The molecule has 1 aromatic heterocycles. The number of nitrogens with zero attached hydrogens (tertiary/aromatic N) is 2. The van der Waals surface area contributed by atoms with Crippen LogP contribution in [0.1, 0.15) is 23.4 Å². The summed E-state index contributed by atoms with van der Waals surface area (Å²) < 4.78 is 7.74. The van der Waals surface area contributed by atoms with Crippen molar-refractivity contribution >= 4 is 40.6 Å². The molecule has 0 saturated heterocycles. The Kier molecular flexibility index (Phi) is 5.14. The summed E-state index contributed by atoms with van der Waals surface area (Å²) in [5.41, 5.74) is 5.04. The van der Waals surface area contributed by atoms with Crippen LogP contribution in [0.2, 0.25) is 5.02 Å². The smallest absolute Gasteiger partial charge is 0.181 e. The molecule has 2 aromatic carbocycles. The summed E-state index contributed by atoms with van der Waals surface area (Å²) in [5.74, 6) is 0.676. The number of anilines is 2. The van der Waals surface area contributed by atoms with E-state index in [1.807, 2.05) is 25.1 Å². The van der Waals surface area contributed by atoms with E-state index in [1.54, 1.807) is 11.9 Å². The number of aryl methyl sites for hydroxylation is 2. The van der Waals surface area contributed by atoms with Gasteiger partial charge >= 0.3 is 0 Å². The summed E-state index contributed by atoms with van der Waals surface area (Å²) in [6, 6.07) is 14.4. The Labute approximate surface area is 168 Å². The topological polar surface area (TPSA) is 41.3 Å². The second kappa shape index (κ2) is 7.71. The van der Waals surface area contributed by atoms with Crippen LogP contribution >= 0.6 is 23.5 Å². The van der Waals surface area contributed by atoms with Crippen molar-refractivity contribution < 1.29 is 4.42 Å². The zero-order valence-electron chi connectivity index (χ0n) is 15.0. The molecule has 4 rings (SSSR count). The van der Waals surface area contributed by atoms with Crippen molar-refractivity contribution in [1.82, 2.24) is 4.98 Å². The van der Waals surface area contributed by atoms with Crippen LogP contribution in [0.15, 0.2) is 64.7 Å². The molecule has 0 radical (unpaired) electrons. The highest BCUT2D eigenvalue weighted by atomic mass is 35.5. The van der Waals surface area contributed by atoms with Crippen molar-refractivity contribution in [2.75, 3.05) is 16.2 Å². The molecule has 27 heavy (non-hydrogen) atoms. The Morgan fingerprint density at radius 3 is 3.00 bits per heavy atom. The van der Waals surface area contributed by atoms with Gasteiger partial charge in [-0.2, -0.15) is 0 Å². The molecule has 0 fully saturated rings. The van der Waals surface area contributed by atoms with E-state index in [-0.39, 0.29) is 0 Å². The average molecular weight is 398 g/mol. The molecular formula is C21H20ClN3OS. The van der Waals surface area contributed by atoms with Crippen molar-refractivity contribution in [3.63, 3.8) is 0 Å². The molecule has 1 aliphatic rings. The van der Waals surface area contributed by atoms with E-state index in [9.17, 15) is 0 Å². The predicted octanol–water partition coefficient (Wildman–Crippen LogP) is 6.18. The molecule has 0 saturated carbocycles. The van der Waals surface area contributed by atoms with E-state index in [0.717, 1.165) is 40.7 Å². The van der Waals surface area contributed by atoms with Gasteiger partial charge in [-0.1, -0.05) is 24.2 Å². The van der Waals surface area contributed by atoms with Crippen LogP contribution in [0.25, 0.3) is 5.70 Å². The van der Waals surface area contributed by atoms with Crippen LogP contribution in [-0.4, -0.2) is 11.5 Å². The zero-order chi connectivity index (χ0) is 18.8. The highest BCUT2D eigenvalue weighted by molar-refractivity contribution is 8.00. The van der Waals surface area contributed by atoms with Gasteiger partial charge in [0.1, 0.15) is 0 Å². The SMILES string of the molecule is C=C(Nc1cccc(SN2CCCc3cc(Cl)ccc32)c1)c1ocnc1C. The van der Waals surface area contributed by atoms with E-state index in [4.69, 9.17) is 16.0 Å². The first-order valence-electron chi connectivity index (χ1n) is 8.80. The van der Waals surface area contributed by atoms with Crippen LogP contribution in [0.5, 0.6) is 0 Å². The van der Waals surface area contributed by atoms with E-state index in [0.29, 0.717) is 11.5 Å². The number of halogens is 1. The minimum atomic E-state index is 0.676. The number of oxazole rings is 1. The normalized spacial score (nSPS) is 13.3. The van der Waals surface area contributed by atoms with Gasteiger partial charge in [-0.05, 0) is 73.7 Å². The summed E-state index contributed by atoms with van der Waals surface area (Å²) in [6.07, 6.45) is 3.63. The lowest BCUT2D eigenvalue weighted by molar-refractivity contribution is 0.544. The van der Waals surface area contributed by atoms with Crippen molar-refractivity contribution in [2.45, 2.75) is 24.7 Å². The summed E-state index contributed by atoms with van der Waals surface area (Å²) >= 11 is 7.89. The molecule has 0 aliphatic carbocycles. The number of aromatic nitrogens is 1. The quantitative estimate of drug-likeness (QED) is 0.520. The minimum Gasteiger partial charge on any atom is -0.442 e. The number of fused-ring (bicyclic) bond motifs is 1. The molecule has 0 atom stereocenters. The molecule has 1 N–H and O–H groups in total. The first-order chi connectivity index (χ1) is 13.1. The lowest BCUT2D eigenvalue weighted by Crippen LogP contribution is -2.22. The van der Waals surface area contributed by atoms with Gasteiger partial charge in [0.2, 0.25) is 0 Å². The first-order valence-corrected chi connectivity index (χ1v) is 9.96. The second-order valence-electron chi connectivity index (χ2n) is 6.47. The monoisotopic (exact) mass is 397 g/mol. The van der Waals surface area contributed by atoms with Crippen LogP contribution in [-0.2, 0) is 6.42 Å². The molecular weight excluding hydrogens is 378 g/mol. The Morgan fingerprint density at radius 2 is 2.19 bits per heavy atom. The van der Waals surface area contributed by atoms with Crippen LogP contribution < -0.4 is 9.62 Å². The molecule has 6 heteroatoms. The van der Waals surface area contributed by atoms with Gasteiger partial charge in [-0.3, -0.25) is 0 Å². The predicted molar refractivity (Wildman–Crippen MR) is 113 cm³/mol. The number of hydrogen-bond donors (Lipinski definition) is 1. The second-order valence-corrected chi connectivity index (χ2v) is 8.00. The molecule has 1 aliphatic heterocycles. The lowest BCUT2D eigenvalue weighted by Gasteiger charge is -2.30. The first kappa shape index (κ1) is 18.0. The van der Waals surface area contributed by atoms with Gasteiger partial charge in [0.25, 0.3) is 0 Å². The average Bonchev–Trinajstić information content (AvgIpc) is 3.08. The van der Waals surface area contributed by atoms with Gasteiger partial charge in [-0.25, -0.2) is 4.98 Å². The third-order valence-corrected chi connectivity index (χ3v) is 5.78. The maximum atomic E-state index is 6.15. The highest BCUT2D eigenvalue weighted by Gasteiger charge is 2.18. The van der Waals surface area contributed by atoms with E-state index in [2.05, 4.69) is 45.5 Å². The van der Waals surface area contributed by atoms with E-state index < -0.39 is 0 Å². The van der Waals surface area contributed by atoms with E-state index >= 15 is 0 Å². The summed E-state index contributed by atoms with van der Waals surface area (Å²) in [6.45, 7) is 6.98. The number of benzene rings is 2. The number of hydrogen-bond acceptors (Lipinski definition) is 5. The number of nitrogens with one attached hydrogen (secondary N) is 1. The number of rotatable bonds is 5. The fourth-order valence-electron chi connectivity index (χ4n) is 3.21. The van der Waals surface area contributed by atoms with Crippen LogP contribution in [0, 0.1) is 6.92 Å². The standard InChI is InChI=1S/C21H20ClN3OS/c1-14-21(26-13-23-14)15(2)24-18-6-3-7-19(12-18)27-25-10-4-5-16-11-17(22)8-9-20(16)25/h3,6-9,11-13,24H,2,4-5,10H2,1H3. The van der Waals surface area contributed by atoms with Crippen molar-refractivity contribution in [1.29, 1.82) is 0 Å². The maximum Gasteiger partial charge on any atom is 0.181 e. The fraction of sp³-hybridized carbons (Fsp3) is 0.190. The van der Waals surface area contributed by atoms with Crippen LogP contribution in [0.3, 0.4) is 0 Å². The Hall–Kier alpha value is -2.37. The fourth-order valence-corrected chi connectivity index (χ4v) is 4.47. The van der Waals surface area contributed by atoms with Crippen molar-refractivity contribution in [3.8, 4) is 0 Å². The van der Waals surface area contributed by atoms with E-state index in [1.165, 1.54) is 17.6 Å². The molecule has 2 heterocycles. The van der Waals surface area contributed by atoms with Gasteiger partial charge < -0.3 is 14.0 Å². The van der Waals surface area contributed by atoms with Crippen molar-refractivity contribution in [3.05, 3.63) is 77.5 Å². The third-order valence-electron chi connectivity index (χ3n) is 4.48. The molecule has 0 amide bonds. The molecule has 0 spiro atoms. The Balaban J connectivity index is 1.51. The Morgan fingerprint density at radius 1 is 1.30 bits per heavy atom. The summed E-state index contributed by atoms with van der Waals surface area (Å²) in [7, 11) is 0. The van der Waals surface area contributed by atoms with Crippen LogP contribution in [0.4, 0.5) is 11.4 Å². The molecule has 0 bridgehead atoms. The lowest BCUT2D eigenvalue weighted by atomic mass is 10.0. The largest absolute Gasteiger partial charge is 0.442 e. The highest BCUT2D eigenvalue weighted by Crippen LogP contribution is 2.37. The third kappa shape index (κ3) is 3.99. The van der Waals surface area contributed by atoms with Gasteiger partial charge in [-0.15, -0.1) is 0 Å². The molecule has 3 aromatic rings. The Bertz CT molecular complexity index is 985.